The lowest BCUT2D eigenvalue weighted by molar-refractivity contribution is 0.100. The molecule has 0 aliphatic rings. The van der Waals surface area contributed by atoms with Gasteiger partial charge in [-0.1, -0.05) is 17.7 Å². The van der Waals surface area contributed by atoms with Crippen LogP contribution in [0.1, 0.15) is 10.4 Å². The first-order valence-electron chi connectivity index (χ1n) is 5.78. The first-order chi connectivity index (χ1) is 9.54. The minimum Gasteiger partial charge on any atom is -0.366 e. The summed E-state index contributed by atoms with van der Waals surface area (Å²) in [5.41, 5.74) is 6.59. The molecule has 3 amide bonds. The van der Waals surface area contributed by atoms with Gasteiger partial charge in [-0.25, -0.2) is 4.79 Å². The zero-order chi connectivity index (χ0) is 14.5. The number of rotatable bonds is 3. The lowest BCUT2D eigenvalue weighted by Gasteiger charge is -2.08. The van der Waals surface area contributed by atoms with Crippen LogP contribution in [0.5, 0.6) is 0 Å². The van der Waals surface area contributed by atoms with Crippen LogP contribution in [0.3, 0.4) is 0 Å². The number of primary amides is 1. The van der Waals surface area contributed by atoms with E-state index in [1.807, 2.05) is 0 Å². The van der Waals surface area contributed by atoms with Gasteiger partial charge in [0.25, 0.3) is 0 Å². The zero-order valence-corrected chi connectivity index (χ0v) is 11.1. The molecular formula is C14H12ClN3O2. The average Bonchev–Trinajstić information content (AvgIpc) is 2.41. The van der Waals surface area contributed by atoms with E-state index in [9.17, 15) is 9.59 Å². The normalized spacial score (nSPS) is 9.85. The van der Waals surface area contributed by atoms with Crippen LogP contribution in [0, 0.1) is 0 Å². The first kappa shape index (κ1) is 13.9. The summed E-state index contributed by atoms with van der Waals surface area (Å²) in [6, 6.07) is 12.7. The summed E-state index contributed by atoms with van der Waals surface area (Å²) in [5.74, 6) is -0.549. The number of nitrogens with one attached hydrogen (secondary N) is 2. The molecule has 0 fully saturated rings. The van der Waals surface area contributed by atoms with Gasteiger partial charge in [0.1, 0.15) is 0 Å². The molecule has 0 saturated heterocycles. The van der Waals surface area contributed by atoms with Crippen molar-refractivity contribution < 1.29 is 9.59 Å². The van der Waals surface area contributed by atoms with Crippen molar-refractivity contribution in [3.63, 3.8) is 0 Å². The van der Waals surface area contributed by atoms with Crippen LogP contribution < -0.4 is 16.4 Å². The summed E-state index contributed by atoms with van der Waals surface area (Å²) >= 11 is 5.75. The molecule has 0 saturated carbocycles. The van der Waals surface area contributed by atoms with Gasteiger partial charge >= 0.3 is 6.03 Å². The maximum Gasteiger partial charge on any atom is 0.323 e. The Morgan fingerprint density at radius 2 is 1.60 bits per heavy atom. The molecule has 0 aromatic heterocycles. The summed E-state index contributed by atoms with van der Waals surface area (Å²) in [6.07, 6.45) is 0. The molecule has 4 N–H and O–H groups in total. The molecule has 5 nitrogen and oxygen atoms in total. The third-order valence-corrected chi connectivity index (χ3v) is 2.76. The van der Waals surface area contributed by atoms with Crippen molar-refractivity contribution in [2.45, 2.75) is 0 Å². The van der Waals surface area contributed by atoms with Gasteiger partial charge in [0.2, 0.25) is 5.91 Å². The van der Waals surface area contributed by atoms with Crippen LogP contribution in [-0.4, -0.2) is 11.9 Å². The Balaban J connectivity index is 2.02. The Bertz CT molecular complexity index is 641. The SMILES string of the molecule is NC(=O)c1cccc(NC(=O)Nc2ccc(Cl)cc2)c1. The molecule has 0 unspecified atom stereocenters. The van der Waals surface area contributed by atoms with Crippen LogP contribution in [0.4, 0.5) is 16.2 Å². The van der Waals surface area contributed by atoms with Gasteiger partial charge < -0.3 is 16.4 Å². The third-order valence-electron chi connectivity index (χ3n) is 2.51. The average molecular weight is 290 g/mol. The molecule has 102 valence electrons. The minimum atomic E-state index is -0.549. The molecule has 0 atom stereocenters. The molecule has 2 aromatic rings. The predicted octanol–water partition coefficient (Wildman–Crippen LogP) is 3.08. The smallest absolute Gasteiger partial charge is 0.323 e. The molecule has 2 rings (SSSR count). The van der Waals surface area contributed by atoms with Crippen LogP contribution in [0.2, 0.25) is 5.02 Å². The Kier molecular flexibility index (Phi) is 4.22. The van der Waals surface area contributed by atoms with E-state index in [1.54, 1.807) is 42.5 Å². The van der Waals surface area contributed by atoms with Gasteiger partial charge in [0.05, 0.1) is 0 Å². The van der Waals surface area contributed by atoms with Crippen LogP contribution in [-0.2, 0) is 0 Å². The predicted molar refractivity (Wildman–Crippen MR) is 79.1 cm³/mol. The molecule has 20 heavy (non-hydrogen) atoms. The number of hydrogen-bond donors (Lipinski definition) is 3. The number of anilines is 2. The summed E-state index contributed by atoms with van der Waals surface area (Å²) in [5, 5.41) is 5.84. The number of nitrogens with two attached hydrogens (primary N) is 1. The van der Waals surface area contributed by atoms with E-state index >= 15 is 0 Å². The van der Waals surface area contributed by atoms with Crippen LogP contribution >= 0.6 is 11.6 Å². The zero-order valence-electron chi connectivity index (χ0n) is 10.4. The molecule has 0 bridgehead atoms. The van der Waals surface area contributed by atoms with E-state index in [-0.39, 0.29) is 0 Å². The van der Waals surface area contributed by atoms with Gasteiger partial charge in [-0.05, 0) is 42.5 Å². The molecule has 0 heterocycles. The molecule has 0 aliphatic carbocycles. The number of amides is 3. The fraction of sp³-hybridized carbons (Fsp3) is 0. The lowest BCUT2D eigenvalue weighted by Crippen LogP contribution is -2.20. The van der Waals surface area contributed by atoms with Crippen molar-refractivity contribution in [3.05, 3.63) is 59.1 Å². The highest BCUT2D eigenvalue weighted by molar-refractivity contribution is 6.30. The molecule has 0 spiro atoms. The Hall–Kier alpha value is -2.53. The van der Waals surface area contributed by atoms with E-state index in [4.69, 9.17) is 17.3 Å². The largest absolute Gasteiger partial charge is 0.366 e. The fourth-order valence-corrected chi connectivity index (χ4v) is 1.70. The Morgan fingerprint density at radius 1 is 0.950 bits per heavy atom. The van der Waals surface area contributed by atoms with Crippen molar-refractivity contribution >= 4 is 34.9 Å². The fourth-order valence-electron chi connectivity index (χ4n) is 1.58. The second-order valence-electron chi connectivity index (χ2n) is 4.03. The molecular weight excluding hydrogens is 278 g/mol. The lowest BCUT2D eigenvalue weighted by atomic mass is 10.2. The second-order valence-corrected chi connectivity index (χ2v) is 4.47. The number of carbonyl (C=O) groups is 2. The summed E-state index contributed by atoms with van der Waals surface area (Å²) in [7, 11) is 0. The van der Waals surface area contributed by atoms with E-state index in [0.717, 1.165) is 0 Å². The Labute approximate surface area is 120 Å². The highest BCUT2D eigenvalue weighted by Crippen LogP contribution is 2.14. The monoisotopic (exact) mass is 289 g/mol. The van der Waals surface area contributed by atoms with E-state index < -0.39 is 11.9 Å². The van der Waals surface area contributed by atoms with Crippen molar-refractivity contribution in [2.24, 2.45) is 5.73 Å². The molecule has 6 heteroatoms. The van der Waals surface area contributed by atoms with Crippen molar-refractivity contribution in [2.75, 3.05) is 10.6 Å². The standard InChI is InChI=1S/C14H12ClN3O2/c15-10-4-6-11(7-5-10)17-14(20)18-12-3-1-2-9(8-12)13(16)19/h1-8H,(H2,16,19)(H2,17,18,20). The number of halogens is 1. The van der Waals surface area contributed by atoms with Gasteiger partial charge in [-0.3, -0.25) is 4.79 Å². The van der Waals surface area contributed by atoms with E-state index in [0.29, 0.717) is 22.0 Å². The maximum atomic E-state index is 11.8. The first-order valence-corrected chi connectivity index (χ1v) is 6.16. The molecule has 0 aliphatic heterocycles. The van der Waals surface area contributed by atoms with Crippen molar-refractivity contribution in [1.82, 2.24) is 0 Å². The number of carbonyl (C=O) groups excluding carboxylic acids is 2. The molecule has 2 aromatic carbocycles. The highest BCUT2D eigenvalue weighted by Gasteiger charge is 2.05. The third kappa shape index (κ3) is 3.73. The van der Waals surface area contributed by atoms with E-state index in [1.165, 1.54) is 6.07 Å². The minimum absolute atomic E-state index is 0.328. The second kappa shape index (κ2) is 6.08. The van der Waals surface area contributed by atoms with Crippen LogP contribution in [0.15, 0.2) is 48.5 Å². The van der Waals surface area contributed by atoms with Gasteiger partial charge in [0, 0.05) is 22.0 Å². The number of urea groups is 1. The van der Waals surface area contributed by atoms with Gasteiger partial charge in [-0.15, -0.1) is 0 Å². The Morgan fingerprint density at radius 3 is 2.25 bits per heavy atom. The topological polar surface area (TPSA) is 84.2 Å². The number of hydrogen-bond acceptors (Lipinski definition) is 2. The van der Waals surface area contributed by atoms with Gasteiger partial charge in [-0.2, -0.15) is 0 Å². The maximum absolute atomic E-state index is 11.8. The summed E-state index contributed by atoms with van der Waals surface area (Å²) < 4.78 is 0. The highest BCUT2D eigenvalue weighted by atomic mass is 35.5. The summed E-state index contributed by atoms with van der Waals surface area (Å²) in [4.78, 5) is 22.8. The van der Waals surface area contributed by atoms with Crippen LogP contribution in [0.25, 0.3) is 0 Å². The van der Waals surface area contributed by atoms with E-state index in [2.05, 4.69) is 10.6 Å². The molecule has 0 radical (unpaired) electrons. The van der Waals surface area contributed by atoms with Gasteiger partial charge in [0.15, 0.2) is 0 Å². The van der Waals surface area contributed by atoms with Crippen molar-refractivity contribution in [1.29, 1.82) is 0 Å². The quantitative estimate of drug-likeness (QED) is 0.811. The summed E-state index contributed by atoms with van der Waals surface area (Å²) in [6.45, 7) is 0. The number of benzene rings is 2. The van der Waals surface area contributed by atoms with Crippen molar-refractivity contribution in [3.8, 4) is 0 Å².